The fourth-order valence-electron chi connectivity index (χ4n) is 2.55. The molecule has 0 saturated carbocycles. The van der Waals surface area contributed by atoms with Gasteiger partial charge in [0.15, 0.2) is 0 Å². The van der Waals surface area contributed by atoms with Gasteiger partial charge >= 0.3 is 0 Å². The van der Waals surface area contributed by atoms with Gasteiger partial charge < -0.3 is 4.42 Å². The molecule has 0 bridgehead atoms. The molecule has 3 aromatic rings. The number of aryl methyl sites for hydroxylation is 1. The van der Waals surface area contributed by atoms with E-state index in [2.05, 4.69) is 9.82 Å². The Balaban J connectivity index is 1.72. The lowest BCUT2D eigenvalue weighted by atomic mass is 10.2. The van der Waals surface area contributed by atoms with Crippen LogP contribution in [0.3, 0.4) is 0 Å². The smallest absolute Gasteiger partial charge is 0.215 e. The highest BCUT2D eigenvalue weighted by Gasteiger charge is 2.20. The molecule has 0 aliphatic carbocycles. The number of hydrogen-bond donors (Lipinski definition) is 1. The van der Waals surface area contributed by atoms with E-state index in [0.29, 0.717) is 5.76 Å². The van der Waals surface area contributed by atoms with E-state index >= 15 is 0 Å². The molecule has 0 aliphatic heterocycles. The largest absolute Gasteiger partial charge is 0.467 e. The number of aromatic nitrogens is 2. The van der Waals surface area contributed by atoms with Crippen LogP contribution in [0, 0.1) is 6.92 Å². The average molecular weight is 345 g/mol. The van der Waals surface area contributed by atoms with Gasteiger partial charge in [-0.15, -0.1) is 0 Å². The number of sulfonamides is 1. The van der Waals surface area contributed by atoms with Crippen molar-refractivity contribution in [1.82, 2.24) is 14.5 Å². The molecule has 126 valence electrons. The first-order valence-electron chi connectivity index (χ1n) is 7.59. The van der Waals surface area contributed by atoms with E-state index in [-0.39, 0.29) is 18.3 Å². The Morgan fingerprint density at radius 3 is 2.79 bits per heavy atom. The van der Waals surface area contributed by atoms with Gasteiger partial charge in [0, 0.05) is 18.9 Å². The highest BCUT2D eigenvalue weighted by molar-refractivity contribution is 7.88. The first kappa shape index (κ1) is 16.5. The van der Waals surface area contributed by atoms with E-state index in [9.17, 15) is 8.42 Å². The number of furan rings is 1. The average Bonchev–Trinajstić information content (AvgIpc) is 3.20. The van der Waals surface area contributed by atoms with Crippen LogP contribution in [0.2, 0.25) is 0 Å². The van der Waals surface area contributed by atoms with Crippen molar-refractivity contribution in [3.63, 3.8) is 0 Å². The van der Waals surface area contributed by atoms with E-state index in [1.165, 1.54) is 0 Å². The maximum absolute atomic E-state index is 12.4. The van der Waals surface area contributed by atoms with Gasteiger partial charge in [-0.2, -0.15) is 5.10 Å². The van der Waals surface area contributed by atoms with Crippen molar-refractivity contribution in [3.05, 3.63) is 78.0 Å². The standard InChI is InChI=1S/C17H19N3O3S/c1-14-5-2-6-15(11-14)13-24(21,22)19-12-16(17-7-3-10-23-17)20-9-4-8-18-20/h2-11,16,19H,12-13H2,1H3. The molecule has 1 aromatic carbocycles. The van der Waals surface area contributed by atoms with E-state index in [1.807, 2.05) is 31.2 Å². The highest BCUT2D eigenvalue weighted by atomic mass is 32.2. The van der Waals surface area contributed by atoms with E-state index in [4.69, 9.17) is 4.42 Å². The molecule has 6 nitrogen and oxygen atoms in total. The van der Waals surface area contributed by atoms with Crippen LogP contribution in [0.1, 0.15) is 22.9 Å². The topological polar surface area (TPSA) is 77.1 Å². The molecule has 0 aliphatic rings. The highest BCUT2D eigenvalue weighted by Crippen LogP contribution is 2.18. The van der Waals surface area contributed by atoms with Gasteiger partial charge in [-0.3, -0.25) is 4.68 Å². The van der Waals surface area contributed by atoms with Crippen LogP contribution in [-0.4, -0.2) is 24.7 Å². The van der Waals surface area contributed by atoms with Crippen LogP contribution < -0.4 is 4.72 Å². The van der Waals surface area contributed by atoms with Crippen molar-refractivity contribution in [2.24, 2.45) is 0 Å². The van der Waals surface area contributed by atoms with Gasteiger partial charge in [-0.25, -0.2) is 13.1 Å². The molecule has 2 aromatic heterocycles. The predicted molar refractivity (Wildman–Crippen MR) is 90.9 cm³/mol. The Hall–Kier alpha value is -2.38. The number of rotatable bonds is 7. The minimum Gasteiger partial charge on any atom is -0.467 e. The SMILES string of the molecule is Cc1cccc(CS(=O)(=O)NCC(c2ccco2)n2cccn2)c1. The summed E-state index contributed by atoms with van der Waals surface area (Å²) < 4.78 is 34.5. The first-order chi connectivity index (χ1) is 11.5. The summed E-state index contributed by atoms with van der Waals surface area (Å²) in [5.41, 5.74) is 1.80. The van der Waals surface area contributed by atoms with Crippen molar-refractivity contribution < 1.29 is 12.8 Å². The molecule has 7 heteroatoms. The molecule has 0 fully saturated rings. The van der Waals surface area contributed by atoms with Gasteiger partial charge in [0.2, 0.25) is 10.0 Å². The molecule has 0 spiro atoms. The minimum absolute atomic E-state index is 0.0569. The summed E-state index contributed by atoms with van der Waals surface area (Å²) in [6.45, 7) is 2.11. The van der Waals surface area contributed by atoms with Crippen molar-refractivity contribution in [2.75, 3.05) is 6.54 Å². The number of benzene rings is 1. The molecule has 0 radical (unpaired) electrons. The van der Waals surface area contributed by atoms with E-state index in [1.54, 1.807) is 41.5 Å². The monoisotopic (exact) mass is 345 g/mol. The van der Waals surface area contributed by atoms with Crippen LogP contribution in [0.25, 0.3) is 0 Å². The summed E-state index contributed by atoms with van der Waals surface area (Å²) >= 11 is 0. The quantitative estimate of drug-likeness (QED) is 0.714. The summed E-state index contributed by atoms with van der Waals surface area (Å²) in [5, 5.41) is 4.19. The van der Waals surface area contributed by atoms with Crippen LogP contribution in [0.5, 0.6) is 0 Å². The fraction of sp³-hybridized carbons (Fsp3) is 0.235. The minimum atomic E-state index is -3.46. The molecular formula is C17H19N3O3S. The van der Waals surface area contributed by atoms with Gasteiger partial charge in [-0.05, 0) is 30.7 Å². The Morgan fingerprint density at radius 1 is 1.25 bits per heavy atom. The number of nitrogens with one attached hydrogen (secondary N) is 1. The molecular weight excluding hydrogens is 326 g/mol. The maximum atomic E-state index is 12.4. The van der Waals surface area contributed by atoms with Crippen LogP contribution in [0.15, 0.2) is 65.5 Å². The first-order valence-corrected chi connectivity index (χ1v) is 9.24. The molecule has 1 N–H and O–H groups in total. The third kappa shape index (κ3) is 4.12. The van der Waals surface area contributed by atoms with Crippen molar-refractivity contribution in [2.45, 2.75) is 18.7 Å². The van der Waals surface area contributed by atoms with Gasteiger partial charge in [0.1, 0.15) is 11.8 Å². The summed E-state index contributed by atoms with van der Waals surface area (Å²) in [4.78, 5) is 0. The van der Waals surface area contributed by atoms with Crippen molar-refractivity contribution in [3.8, 4) is 0 Å². The Bertz CT molecular complexity index is 837. The maximum Gasteiger partial charge on any atom is 0.215 e. The molecule has 0 amide bonds. The second kappa shape index (κ2) is 7.02. The third-order valence-electron chi connectivity index (χ3n) is 3.65. The van der Waals surface area contributed by atoms with Crippen molar-refractivity contribution >= 4 is 10.0 Å². The second-order valence-corrected chi connectivity index (χ2v) is 7.42. The second-order valence-electron chi connectivity index (χ2n) is 5.61. The predicted octanol–water partition coefficient (Wildman–Crippen LogP) is 2.49. The zero-order valence-electron chi connectivity index (χ0n) is 13.3. The third-order valence-corrected chi connectivity index (χ3v) is 4.97. The molecule has 3 rings (SSSR count). The van der Waals surface area contributed by atoms with Crippen LogP contribution >= 0.6 is 0 Å². The lowest BCUT2D eigenvalue weighted by Gasteiger charge is -2.16. The Morgan fingerprint density at radius 2 is 2.12 bits per heavy atom. The zero-order valence-corrected chi connectivity index (χ0v) is 14.1. The van der Waals surface area contributed by atoms with Gasteiger partial charge in [-0.1, -0.05) is 29.8 Å². The number of nitrogens with zero attached hydrogens (tertiary/aromatic N) is 2. The molecule has 0 saturated heterocycles. The lowest BCUT2D eigenvalue weighted by molar-refractivity contribution is 0.402. The summed E-state index contributed by atoms with van der Waals surface area (Å²) in [6, 6.07) is 12.5. The Kier molecular flexibility index (Phi) is 4.82. The summed E-state index contributed by atoms with van der Waals surface area (Å²) in [7, 11) is -3.46. The molecule has 1 atom stereocenters. The normalized spacial score (nSPS) is 13.0. The van der Waals surface area contributed by atoms with Crippen molar-refractivity contribution in [1.29, 1.82) is 0 Å². The zero-order chi connectivity index (χ0) is 17.0. The van der Waals surface area contributed by atoms with Gasteiger partial charge in [0.25, 0.3) is 0 Å². The lowest BCUT2D eigenvalue weighted by Crippen LogP contribution is -2.32. The van der Waals surface area contributed by atoms with E-state index < -0.39 is 10.0 Å². The van der Waals surface area contributed by atoms with Crippen LogP contribution in [0.4, 0.5) is 0 Å². The molecule has 24 heavy (non-hydrogen) atoms. The molecule has 1 unspecified atom stereocenters. The van der Waals surface area contributed by atoms with Gasteiger partial charge in [0.05, 0.1) is 12.0 Å². The summed E-state index contributed by atoms with van der Waals surface area (Å²) in [6.07, 6.45) is 4.99. The Labute approximate surface area is 141 Å². The molecule has 2 heterocycles. The van der Waals surface area contributed by atoms with E-state index in [0.717, 1.165) is 11.1 Å². The van der Waals surface area contributed by atoms with Crippen LogP contribution in [-0.2, 0) is 15.8 Å². The fourth-order valence-corrected chi connectivity index (χ4v) is 3.68. The number of hydrogen-bond acceptors (Lipinski definition) is 4. The summed E-state index contributed by atoms with van der Waals surface area (Å²) in [5.74, 6) is 0.593.